The van der Waals surface area contributed by atoms with Crippen LogP contribution in [-0.4, -0.2) is 11.8 Å². The molecule has 0 saturated heterocycles. The summed E-state index contributed by atoms with van der Waals surface area (Å²) in [6.45, 7) is 6.94. The molecule has 266 valence electrons. The smallest absolute Gasteiger partial charge is 0.198 e. The van der Waals surface area contributed by atoms with Crippen LogP contribution in [0.4, 0.5) is 28.4 Å². The van der Waals surface area contributed by atoms with Gasteiger partial charge in [0.25, 0.3) is 0 Å². The summed E-state index contributed by atoms with van der Waals surface area (Å²) in [6.07, 6.45) is 0. The largest absolute Gasteiger partial charge is 0.354 e. The summed E-state index contributed by atoms with van der Waals surface area (Å²) in [5.74, 6) is 0. The molecule has 11 rings (SSSR count). The second-order valence-corrected chi connectivity index (χ2v) is 15.9. The molecule has 56 heavy (non-hydrogen) atoms. The predicted octanol–water partition coefficient (Wildman–Crippen LogP) is 12.0. The van der Waals surface area contributed by atoms with Crippen molar-refractivity contribution in [3.05, 3.63) is 193 Å². The summed E-state index contributed by atoms with van der Waals surface area (Å²) in [6, 6.07) is 64.7. The van der Waals surface area contributed by atoms with Crippen molar-refractivity contribution < 1.29 is 0 Å². The topological polar surface area (TPSA) is 20.2 Å². The van der Waals surface area contributed by atoms with Gasteiger partial charge in [0, 0.05) is 61.3 Å². The van der Waals surface area contributed by atoms with Gasteiger partial charge in [0.15, 0.2) is 7.28 Å². The van der Waals surface area contributed by atoms with Crippen LogP contribution in [0.1, 0.15) is 30.5 Å². The van der Waals surface area contributed by atoms with E-state index in [1.165, 1.54) is 77.4 Å². The Morgan fingerprint density at radius 1 is 0.554 bits per heavy atom. The van der Waals surface area contributed by atoms with Crippen molar-refractivity contribution in [3.63, 3.8) is 0 Å². The van der Waals surface area contributed by atoms with Crippen molar-refractivity contribution in [2.45, 2.75) is 26.2 Å². The minimum Gasteiger partial charge on any atom is -0.354 e. The zero-order chi connectivity index (χ0) is 37.5. The number of hydrogen-bond donors (Lipinski definition) is 1. The minimum atomic E-state index is -0.139. The molecular formula is C52H40BN3. The Morgan fingerprint density at radius 2 is 1.23 bits per heavy atom. The number of para-hydroxylation sites is 5. The van der Waals surface area contributed by atoms with Crippen LogP contribution in [0.2, 0.25) is 0 Å². The molecule has 1 aromatic heterocycles. The lowest BCUT2D eigenvalue weighted by Crippen LogP contribution is -2.37. The fraction of sp³-hybridized carbons (Fsp3) is 0.0769. The van der Waals surface area contributed by atoms with E-state index in [9.17, 15) is 0 Å². The summed E-state index contributed by atoms with van der Waals surface area (Å²) in [7, 11) is 0.832. The second-order valence-electron chi connectivity index (χ2n) is 15.9. The van der Waals surface area contributed by atoms with Gasteiger partial charge in [-0.3, -0.25) is 0 Å². The maximum absolute atomic E-state index is 4.08. The molecule has 0 unspecified atom stereocenters. The van der Waals surface area contributed by atoms with Crippen molar-refractivity contribution in [1.29, 1.82) is 0 Å². The van der Waals surface area contributed by atoms with E-state index < -0.39 is 0 Å². The van der Waals surface area contributed by atoms with E-state index in [-0.39, 0.29) is 5.41 Å². The van der Waals surface area contributed by atoms with Gasteiger partial charge in [0.2, 0.25) is 0 Å². The van der Waals surface area contributed by atoms with Crippen LogP contribution in [0.15, 0.2) is 176 Å². The molecule has 3 nitrogen and oxygen atoms in total. The third kappa shape index (κ3) is 4.78. The molecule has 0 spiro atoms. The molecule has 9 aromatic rings. The van der Waals surface area contributed by atoms with Crippen LogP contribution in [0.5, 0.6) is 0 Å². The lowest BCUT2D eigenvalue weighted by Gasteiger charge is -2.31. The molecular weight excluding hydrogens is 677 g/mol. The second kappa shape index (κ2) is 12.4. The van der Waals surface area contributed by atoms with E-state index in [4.69, 9.17) is 0 Å². The SMILES string of the molecule is Cc1ccccc1Nc1c(-c2cc(N(c3ccccc3)c3ccccc3)cc3c2Bc2cccc4c5ccccc5n-3c24)ccc2c1-c1ccccc1C2(C)C. The van der Waals surface area contributed by atoms with Gasteiger partial charge < -0.3 is 14.8 Å². The number of hydrogen-bond acceptors (Lipinski definition) is 2. The summed E-state index contributed by atoms with van der Waals surface area (Å²) in [4.78, 5) is 2.41. The molecule has 0 fully saturated rings. The normalized spacial score (nSPS) is 13.2. The van der Waals surface area contributed by atoms with Crippen molar-refractivity contribution in [2.24, 2.45) is 0 Å². The highest BCUT2D eigenvalue weighted by molar-refractivity contribution is 6.73. The number of aromatic nitrogens is 1. The third-order valence-electron chi connectivity index (χ3n) is 12.3. The first-order chi connectivity index (χ1) is 27.5. The molecule has 0 amide bonds. The fourth-order valence-corrected chi connectivity index (χ4v) is 9.67. The summed E-state index contributed by atoms with van der Waals surface area (Å²) < 4.78 is 2.54. The molecule has 8 aromatic carbocycles. The number of rotatable bonds is 6. The van der Waals surface area contributed by atoms with E-state index in [0.717, 1.165) is 35.7 Å². The quantitative estimate of drug-likeness (QED) is 0.173. The highest BCUT2D eigenvalue weighted by Gasteiger charge is 2.38. The Hall–Kier alpha value is -6.78. The number of aryl methyl sites for hydroxylation is 1. The van der Waals surface area contributed by atoms with Gasteiger partial charge in [0.1, 0.15) is 0 Å². The number of fused-ring (bicyclic) bond motifs is 8. The van der Waals surface area contributed by atoms with E-state index in [1.54, 1.807) is 0 Å². The first kappa shape index (κ1) is 32.6. The zero-order valence-electron chi connectivity index (χ0n) is 31.8. The van der Waals surface area contributed by atoms with Crippen LogP contribution in [0.3, 0.4) is 0 Å². The number of anilines is 5. The molecule has 1 N–H and O–H groups in total. The van der Waals surface area contributed by atoms with Gasteiger partial charge >= 0.3 is 0 Å². The van der Waals surface area contributed by atoms with Crippen LogP contribution in [0.25, 0.3) is 49.7 Å². The lowest BCUT2D eigenvalue weighted by molar-refractivity contribution is 0.660. The van der Waals surface area contributed by atoms with Gasteiger partial charge in [-0.05, 0) is 88.7 Å². The van der Waals surface area contributed by atoms with Gasteiger partial charge in [-0.2, -0.15) is 0 Å². The summed E-state index contributed by atoms with van der Waals surface area (Å²) in [5.41, 5.74) is 20.9. The zero-order valence-corrected chi connectivity index (χ0v) is 31.8. The van der Waals surface area contributed by atoms with Crippen molar-refractivity contribution in [3.8, 4) is 27.9 Å². The van der Waals surface area contributed by atoms with E-state index >= 15 is 0 Å². The lowest BCUT2D eigenvalue weighted by atomic mass is 9.59. The van der Waals surface area contributed by atoms with Gasteiger partial charge in [0.05, 0.1) is 11.2 Å². The van der Waals surface area contributed by atoms with E-state index in [0.29, 0.717) is 0 Å². The Morgan fingerprint density at radius 3 is 2.02 bits per heavy atom. The monoisotopic (exact) mass is 717 g/mol. The molecule has 4 heteroatoms. The molecule has 0 bridgehead atoms. The van der Waals surface area contributed by atoms with Crippen molar-refractivity contribution in [2.75, 3.05) is 10.2 Å². The number of benzene rings is 8. The average molecular weight is 718 g/mol. The highest BCUT2D eigenvalue weighted by Crippen LogP contribution is 2.54. The van der Waals surface area contributed by atoms with Gasteiger partial charge in [-0.15, -0.1) is 0 Å². The predicted molar refractivity (Wildman–Crippen MR) is 239 cm³/mol. The third-order valence-corrected chi connectivity index (χ3v) is 12.3. The van der Waals surface area contributed by atoms with Crippen LogP contribution < -0.4 is 21.1 Å². The first-order valence-corrected chi connectivity index (χ1v) is 19.7. The van der Waals surface area contributed by atoms with Crippen LogP contribution in [-0.2, 0) is 5.41 Å². The molecule has 0 atom stereocenters. The fourth-order valence-electron chi connectivity index (χ4n) is 9.67. The van der Waals surface area contributed by atoms with E-state index in [1.807, 2.05) is 0 Å². The maximum atomic E-state index is 4.08. The molecule has 0 radical (unpaired) electrons. The van der Waals surface area contributed by atoms with Crippen molar-refractivity contribution >= 4 is 68.4 Å². The molecule has 2 aliphatic rings. The summed E-state index contributed by atoms with van der Waals surface area (Å²) >= 11 is 0. The maximum Gasteiger partial charge on any atom is 0.198 e. The van der Waals surface area contributed by atoms with Gasteiger partial charge in [-0.25, -0.2) is 0 Å². The Kier molecular flexibility index (Phi) is 7.21. The molecule has 1 aliphatic heterocycles. The molecule has 1 aliphatic carbocycles. The highest BCUT2D eigenvalue weighted by atomic mass is 15.1. The van der Waals surface area contributed by atoms with E-state index in [2.05, 4.69) is 211 Å². The number of nitrogens with one attached hydrogen (secondary N) is 1. The Bertz CT molecular complexity index is 2970. The number of nitrogens with zero attached hydrogens (tertiary/aromatic N) is 2. The van der Waals surface area contributed by atoms with Crippen LogP contribution >= 0.6 is 0 Å². The van der Waals surface area contributed by atoms with Crippen molar-refractivity contribution in [1.82, 2.24) is 4.57 Å². The van der Waals surface area contributed by atoms with Gasteiger partial charge in [-0.1, -0.05) is 147 Å². The molecule has 0 saturated carbocycles. The Labute approximate surface area is 328 Å². The molecule has 2 heterocycles. The minimum absolute atomic E-state index is 0.139. The van der Waals surface area contributed by atoms with Crippen LogP contribution in [0, 0.1) is 6.92 Å². The summed E-state index contributed by atoms with van der Waals surface area (Å²) in [5, 5.41) is 6.67. The Balaban J connectivity index is 1.27. The first-order valence-electron chi connectivity index (χ1n) is 19.7. The standard InChI is InChI=1S/C52H40BN3/c1-33-17-10-14-27-45(33)54-50-38(29-30-43-48(50)40-23-11-13-25-42(40)52(43,2)3)41-31-36(55(34-18-6-4-7-19-34)35-20-8-5-9-21-35)32-47-49(41)53-44-26-16-24-39-37-22-12-15-28-46(37)56(47)51(39)44/h4-32,53-54H,1-3H3. The average Bonchev–Trinajstić information content (AvgIpc) is 3.70.